The summed E-state index contributed by atoms with van der Waals surface area (Å²) in [4.78, 5) is 24.7. The first-order chi connectivity index (χ1) is 12.0. The Balaban J connectivity index is 1.88. The van der Waals surface area contributed by atoms with Crippen molar-refractivity contribution in [3.63, 3.8) is 0 Å². The van der Waals surface area contributed by atoms with Crippen molar-refractivity contribution < 1.29 is 20.1 Å². The zero-order valence-corrected chi connectivity index (χ0v) is 13.4. The Bertz CT molecular complexity index is 831. The molecule has 25 heavy (non-hydrogen) atoms. The highest BCUT2D eigenvalue weighted by atomic mass is 16.6. The maximum absolute atomic E-state index is 12.6. The molecule has 3 N–H and O–H groups in total. The Morgan fingerprint density at radius 2 is 1.76 bits per heavy atom. The third-order valence-electron chi connectivity index (χ3n) is 4.35. The monoisotopic (exact) mass is 348 g/mol. The van der Waals surface area contributed by atoms with Crippen molar-refractivity contribution >= 4 is 0 Å². The van der Waals surface area contributed by atoms with Gasteiger partial charge in [0.1, 0.15) is 18.3 Å². The van der Waals surface area contributed by atoms with Crippen molar-refractivity contribution in [1.29, 1.82) is 0 Å². The Hall–Kier alpha value is -2.26. The number of benzene rings is 1. The van der Waals surface area contributed by atoms with Gasteiger partial charge in [0.05, 0.1) is 6.61 Å². The van der Waals surface area contributed by atoms with Crippen LogP contribution in [-0.4, -0.2) is 49.4 Å². The molecule has 8 nitrogen and oxygen atoms in total. The van der Waals surface area contributed by atoms with Crippen molar-refractivity contribution in [2.75, 3.05) is 6.61 Å². The van der Waals surface area contributed by atoms with Crippen molar-refractivity contribution in [3.8, 4) is 0 Å². The first-order valence-electron chi connectivity index (χ1n) is 8.01. The minimum Gasteiger partial charge on any atom is -0.394 e. The molecule has 0 spiro atoms. The zero-order chi connectivity index (χ0) is 18.0. The molecule has 1 unspecified atom stereocenters. The second-order valence-electron chi connectivity index (χ2n) is 5.96. The zero-order valence-electron chi connectivity index (χ0n) is 13.4. The summed E-state index contributed by atoms with van der Waals surface area (Å²) in [6, 6.07) is 10.6. The van der Waals surface area contributed by atoms with Crippen LogP contribution in [0.5, 0.6) is 0 Å². The summed E-state index contributed by atoms with van der Waals surface area (Å²) in [5.74, 6) is 0. The van der Waals surface area contributed by atoms with Gasteiger partial charge in [-0.15, -0.1) is 0 Å². The molecule has 0 radical (unpaired) electrons. The molecule has 0 aliphatic carbocycles. The van der Waals surface area contributed by atoms with Gasteiger partial charge in [-0.25, -0.2) is 4.79 Å². The van der Waals surface area contributed by atoms with E-state index in [0.29, 0.717) is 6.42 Å². The molecule has 134 valence electrons. The summed E-state index contributed by atoms with van der Waals surface area (Å²) in [5.41, 5.74) is -0.112. The highest BCUT2D eigenvalue weighted by Gasteiger charge is 2.43. The normalized spacial score (nSPS) is 26.0. The Kier molecular flexibility index (Phi) is 5.14. The van der Waals surface area contributed by atoms with E-state index < -0.39 is 42.4 Å². The van der Waals surface area contributed by atoms with E-state index >= 15 is 0 Å². The van der Waals surface area contributed by atoms with E-state index in [9.17, 15) is 19.8 Å². The van der Waals surface area contributed by atoms with Crippen LogP contribution in [0.15, 0.2) is 52.2 Å². The Labute approximate surface area is 143 Å². The average molecular weight is 348 g/mol. The molecule has 1 fully saturated rings. The third kappa shape index (κ3) is 3.42. The van der Waals surface area contributed by atoms with Gasteiger partial charge in [-0.05, 0) is 12.0 Å². The van der Waals surface area contributed by atoms with Gasteiger partial charge >= 0.3 is 5.69 Å². The summed E-state index contributed by atoms with van der Waals surface area (Å²) in [6.07, 6.45) is -3.12. The molecule has 0 bridgehead atoms. The summed E-state index contributed by atoms with van der Waals surface area (Å²) >= 11 is 0. The molecule has 1 aromatic heterocycles. The molecule has 0 saturated carbocycles. The standard InChI is InChI=1S/C17H20N2O6/c20-10-12-14(22)15(23)16(25-12)19-9-7-13(21)18(17(19)24)8-6-11-4-2-1-3-5-11/h1-5,7,9,12,14-16,20,22-23H,6,8,10H2/t12-,14?,15+,16-/m1/s1. The second kappa shape index (κ2) is 7.32. The highest BCUT2D eigenvalue weighted by Crippen LogP contribution is 2.27. The number of aromatic nitrogens is 2. The van der Waals surface area contributed by atoms with E-state index in [4.69, 9.17) is 9.84 Å². The Morgan fingerprint density at radius 1 is 1.04 bits per heavy atom. The van der Waals surface area contributed by atoms with Gasteiger partial charge < -0.3 is 20.1 Å². The number of hydrogen-bond acceptors (Lipinski definition) is 6. The van der Waals surface area contributed by atoms with E-state index in [1.807, 2.05) is 30.3 Å². The van der Waals surface area contributed by atoms with Crippen LogP contribution < -0.4 is 11.2 Å². The molecule has 0 amide bonds. The van der Waals surface area contributed by atoms with E-state index in [-0.39, 0.29) is 6.54 Å². The number of aliphatic hydroxyl groups is 3. The molecule has 4 atom stereocenters. The van der Waals surface area contributed by atoms with Gasteiger partial charge in [-0.1, -0.05) is 30.3 Å². The fourth-order valence-electron chi connectivity index (χ4n) is 2.93. The highest BCUT2D eigenvalue weighted by molar-refractivity contribution is 5.14. The van der Waals surface area contributed by atoms with Crippen molar-refractivity contribution in [2.45, 2.75) is 37.5 Å². The van der Waals surface area contributed by atoms with Crippen LogP contribution in [0.4, 0.5) is 0 Å². The van der Waals surface area contributed by atoms with Crippen LogP contribution in [0.1, 0.15) is 11.8 Å². The number of ether oxygens (including phenoxy) is 1. The van der Waals surface area contributed by atoms with Crippen molar-refractivity contribution in [3.05, 3.63) is 69.0 Å². The van der Waals surface area contributed by atoms with Crippen LogP contribution in [-0.2, 0) is 17.7 Å². The second-order valence-corrected chi connectivity index (χ2v) is 5.96. The first kappa shape index (κ1) is 17.6. The van der Waals surface area contributed by atoms with E-state index in [1.165, 1.54) is 12.3 Å². The molecule has 1 aliphatic rings. The maximum atomic E-state index is 12.6. The number of rotatable bonds is 5. The fourth-order valence-corrected chi connectivity index (χ4v) is 2.93. The lowest BCUT2D eigenvalue weighted by Gasteiger charge is -2.18. The van der Waals surface area contributed by atoms with E-state index in [0.717, 1.165) is 14.7 Å². The fraction of sp³-hybridized carbons (Fsp3) is 0.412. The van der Waals surface area contributed by atoms with Crippen LogP contribution >= 0.6 is 0 Å². The molecular weight excluding hydrogens is 328 g/mol. The number of aryl methyl sites for hydroxylation is 1. The minimum absolute atomic E-state index is 0.178. The lowest BCUT2D eigenvalue weighted by molar-refractivity contribution is -0.0556. The summed E-state index contributed by atoms with van der Waals surface area (Å²) < 4.78 is 7.48. The Morgan fingerprint density at radius 3 is 2.40 bits per heavy atom. The molecule has 1 aromatic carbocycles. The van der Waals surface area contributed by atoms with Crippen LogP contribution in [0.25, 0.3) is 0 Å². The van der Waals surface area contributed by atoms with Crippen molar-refractivity contribution in [2.24, 2.45) is 0 Å². The molecular formula is C17H20N2O6. The molecule has 2 heterocycles. The van der Waals surface area contributed by atoms with Gasteiger partial charge in [-0.3, -0.25) is 13.9 Å². The first-order valence-corrected chi connectivity index (χ1v) is 8.01. The SMILES string of the molecule is O=c1ccn([C@@H]2O[C@H](CO)C(O)[C@@H]2O)c(=O)n1CCc1ccccc1. The summed E-state index contributed by atoms with van der Waals surface area (Å²) in [5, 5.41) is 29.1. The lowest BCUT2D eigenvalue weighted by Crippen LogP contribution is -2.43. The molecule has 1 saturated heterocycles. The van der Waals surface area contributed by atoms with Crippen LogP contribution in [0.2, 0.25) is 0 Å². The van der Waals surface area contributed by atoms with Gasteiger partial charge in [0.15, 0.2) is 6.23 Å². The predicted octanol–water partition coefficient (Wildman–Crippen LogP) is -1.14. The minimum atomic E-state index is -1.38. The number of nitrogens with zero attached hydrogens (tertiary/aromatic N) is 2. The lowest BCUT2D eigenvalue weighted by atomic mass is 10.1. The summed E-state index contributed by atoms with van der Waals surface area (Å²) in [6.45, 7) is -0.311. The van der Waals surface area contributed by atoms with Gasteiger partial charge in [0.2, 0.25) is 0 Å². The van der Waals surface area contributed by atoms with E-state index in [2.05, 4.69) is 0 Å². The average Bonchev–Trinajstić information content (AvgIpc) is 2.91. The third-order valence-corrected chi connectivity index (χ3v) is 4.35. The smallest absolute Gasteiger partial charge is 0.333 e. The largest absolute Gasteiger partial charge is 0.394 e. The van der Waals surface area contributed by atoms with Gasteiger partial charge in [0.25, 0.3) is 5.56 Å². The predicted molar refractivity (Wildman–Crippen MR) is 88.1 cm³/mol. The molecule has 3 rings (SSSR count). The molecule has 2 aromatic rings. The van der Waals surface area contributed by atoms with E-state index in [1.54, 1.807) is 0 Å². The molecule has 1 aliphatic heterocycles. The van der Waals surface area contributed by atoms with Gasteiger partial charge in [0, 0.05) is 18.8 Å². The van der Waals surface area contributed by atoms with Crippen molar-refractivity contribution in [1.82, 2.24) is 9.13 Å². The quantitative estimate of drug-likeness (QED) is 0.630. The topological polar surface area (TPSA) is 114 Å². The molecule has 8 heteroatoms. The van der Waals surface area contributed by atoms with Gasteiger partial charge in [-0.2, -0.15) is 0 Å². The number of aliphatic hydroxyl groups excluding tert-OH is 3. The number of hydrogen-bond donors (Lipinski definition) is 3. The summed E-state index contributed by atoms with van der Waals surface area (Å²) in [7, 11) is 0. The maximum Gasteiger partial charge on any atom is 0.333 e. The van der Waals surface area contributed by atoms with Crippen LogP contribution in [0.3, 0.4) is 0 Å². The van der Waals surface area contributed by atoms with Crippen LogP contribution in [0, 0.1) is 0 Å².